The van der Waals surface area contributed by atoms with Gasteiger partial charge in [-0.25, -0.2) is 19.6 Å². The number of carbonyl (C=O) groups excluding carboxylic acids is 1. The minimum atomic E-state index is -0.386. The van der Waals surface area contributed by atoms with Crippen LogP contribution >= 0.6 is 0 Å². The standard InChI is InChI=1S/C14H13N7O2/c1-10-5-14(23)20(9-17-10)7-13(22)19-11-6-12(16-8-15-11)21-4-2-3-18-21/h2-6,8-9H,7H2,1H3,(H,15,16,19,22). The molecule has 9 heteroatoms. The van der Waals surface area contributed by atoms with Gasteiger partial charge in [-0.3, -0.25) is 14.2 Å². The number of carbonyl (C=O) groups is 1. The number of nitrogens with zero attached hydrogens (tertiary/aromatic N) is 6. The molecule has 0 aliphatic rings. The van der Waals surface area contributed by atoms with Crippen LogP contribution in [0.3, 0.4) is 0 Å². The molecule has 9 nitrogen and oxygen atoms in total. The second-order valence-corrected chi connectivity index (χ2v) is 4.76. The molecule has 3 heterocycles. The van der Waals surface area contributed by atoms with Crippen molar-refractivity contribution in [2.45, 2.75) is 13.5 Å². The molecule has 0 aromatic carbocycles. The summed E-state index contributed by atoms with van der Waals surface area (Å²) in [5.41, 5.74) is 0.318. The van der Waals surface area contributed by atoms with Crippen molar-refractivity contribution in [1.82, 2.24) is 29.3 Å². The summed E-state index contributed by atoms with van der Waals surface area (Å²) in [6, 6.07) is 4.71. The lowest BCUT2D eigenvalue weighted by Gasteiger charge is -2.07. The van der Waals surface area contributed by atoms with Crippen molar-refractivity contribution in [2.75, 3.05) is 5.32 Å². The van der Waals surface area contributed by atoms with E-state index < -0.39 is 0 Å². The first kappa shape index (κ1) is 14.6. The van der Waals surface area contributed by atoms with Crippen molar-refractivity contribution >= 4 is 11.7 Å². The predicted molar refractivity (Wildman–Crippen MR) is 81.0 cm³/mol. The van der Waals surface area contributed by atoms with Crippen LogP contribution in [-0.2, 0) is 11.3 Å². The molecule has 0 fully saturated rings. The lowest BCUT2D eigenvalue weighted by molar-refractivity contribution is -0.116. The first-order valence-electron chi connectivity index (χ1n) is 6.77. The molecule has 0 saturated carbocycles. The van der Waals surface area contributed by atoms with Gasteiger partial charge in [-0.1, -0.05) is 0 Å². The molecule has 0 aliphatic carbocycles. The smallest absolute Gasteiger partial charge is 0.253 e. The van der Waals surface area contributed by atoms with Gasteiger partial charge in [0.1, 0.15) is 18.7 Å². The van der Waals surface area contributed by atoms with E-state index in [0.717, 1.165) is 0 Å². The Bertz CT molecular complexity index is 886. The maximum absolute atomic E-state index is 12.0. The van der Waals surface area contributed by atoms with Crippen LogP contribution in [0.5, 0.6) is 0 Å². The highest BCUT2D eigenvalue weighted by Crippen LogP contribution is 2.07. The van der Waals surface area contributed by atoms with Crippen molar-refractivity contribution in [3.63, 3.8) is 0 Å². The first-order chi connectivity index (χ1) is 11.1. The normalized spacial score (nSPS) is 10.5. The molecule has 3 aromatic rings. The summed E-state index contributed by atoms with van der Waals surface area (Å²) in [6.07, 6.45) is 6.02. The summed E-state index contributed by atoms with van der Waals surface area (Å²) >= 11 is 0. The van der Waals surface area contributed by atoms with Crippen molar-refractivity contribution in [1.29, 1.82) is 0 Å². The highest BCUT2D eigenvalue weighted by Gasteiger charge is 2.08. The van der Waals surface area contributed by atoms with E-state index in [1.54, 1.807) is 36.1 Å². The van der Waals surface area contributed by atoms with Gasteiger partial charge in [0.25, 0.3) is 5.56 Å². The molecular weight excluding hydrogens is 298 g/mol. The summed E-state index contributed by atoms with van der Waals surface area (Å²) in [6.45, 7) is 1.57. The number of hydrogen-bond acceptors (Lipinski definition) is 6. The van der Waals surface area contributed by atoms with Crippen LogP contribution < -0.4 is 10.9 Å². The number of aryl methyl sites for hydroxylation is 1. The summed E-state index contributed by atoms with van der Waals surface area (Å²) < 4.78 is 2.77. The number of aromatic nitrogens is 6. The highest BCUT2D eigenvalue weighted by molar-refractivity contribution is 5.89. The SMILES string of the molecule is Cc1cc(=O)n(CC(=O)Nc2cc(-n3cccn3)ncn2)cn1. The molecule has 0 unspecified atom stereocenters. The van der Waals surface area contributed by atoms with Gasteiger partial charge in [-0.15, -0.1) is 0 Å². The van der Waals surface area contributed by atoms with Gasteiger partial charge in [0, 0.05) is 30.2 Å². The third kappa shape index (κ3) is 3.46. The number of anilines is 1. The monoisotopic (exact) mass is 311 g/mol. The van der Waals surface area contributed by atoms with Gasteiger partial charge in [0.05, 0.1) is 6.33 Å². The molecule has 3 rings (SSSR count). The van der Waals surface area contributed by atoms with E-state index in [1.807, 2.05) is 0 Å². The Hall–Kier alpha value is -3.36. The maximum atomic E-state index is 12.0. The molecule has 0 atom stereocenters. The van der Waals surface area contributed by atoms with E-state index in [2.05, 4.69) is 25.4 Å². The molecule has 3 aromatic heterocycles. The fourth-order valence-corrected chi connectivity index (χ4v) is 1.92. The largest absolute Gasteiger partial charge is 0.309 e. The lowest BCUT2D eigenvalue weighted by Crippen LogP contribution is -2.27. The summed E-state index contributed by atoms with van der Waals surface area (Å²) in [5.74, 6) is 0.459. The zero-order chi connectivity index (χ0) is 16.2. The highest BCUT2D eigenvalue weighted by atomic mass is 16.2. The van der Waals surface area contributed by atoms with E-state index in [-0.39, 0.29) is 18.0 Å². The average molecular weight is 311 g/mol. The lowest BCUT2D eigenvalue weighted by atomic mass is 10.4. The summed E-state index contributed by atoms with van der Waals surface area (Å²) in [7, 11) is 0. The van der Waals surface area contributed by atoms with Crippen LogP contribution in [0, 0.1) is 6.92 Å². The van der Waals surface area contributed by atoms with Gasteiger partial charge in [0.2, 0.25) is 5.91 Å². The van der Waals surface area contributed by atoms with Crippen LogP contribution in [0.4, 0.5) is 5.82 Å². The molecule has 0 aliphatic heterocycles. The zero-order valence-corrected chi connectivity index (χ0v) is 12.2. The van der Waals surface area contributed by atoms with Gasteiger partial charge in [0.15, 0.2) is 5.82 Å². The van der Waals surface area contributed by atoms with Crippen molar-refractivity contribution < 1.29 is 4.79 Å². The second kappa shape index (κ2) is 6.18. The molecule has 0 spiro atoms. The molecule has 0 radical (unpaired) electrons. The molecule has 1 N–H and O–H groups in total. The van der Waals surface area contributed by atoms with E-state index in [0.29, 0.717) is 17.3 Å². The Labute approximate surface area is 130 Å². The van der Waals surface area contributed by atoms with Crippen molar-refractivity contribution in [2.24, 2.45) is 0 Å². The number of amides is 1. The summed E-state index contributed by atoms with van der Waals surface area (Å²) in [4.78, 5) is 35.8. The van der Waals surface area contributed by atoms with Crippen molar-refractivity contribution in [3.8, 4) is 5.82 Å². The van der Waals surface area contributed by atoms with Gasteiger partial charge in [-0.05, 0) is 13.0 Å². The van der Waals surface area contributed by atoms with Crippen LogP contribution in [0.15, 0.2) is 48.0 Å². The number of hydrogen-bond donors (Lipinski definition) is 1. The fraction of sp³-hybridized carbons (Fsp3) is 0.143. The molecule has 1 amide bonds. The molecule has 0 saturated heterocycles. The Morgan fingerprint density at radius 3 is 2.87 bits per heavy atom. The van der Waals surface area contributed by atoms with Crippen LogP contribution in [0.2, 0.25) is 0 Å². The number of nitrogens with one attached hydrogen (secondary N) is 1. The third-order valence-electron chi connectivity index (χ3n) is 2.99. The predicted octanol–water partition coefficient (Wildman–Crippen LogP) is 0.166. The van der Waals surface area contributed by atoms with E-state index in [9.17, 15) is 9.59 Å². The van der Waals surface area contributed by atoms with Gasteiger partial charge in [-0.2, -0.15) is 5.10 Å². The van der Waals surface area contributed by atoms with Crippen LogP contribution in [0.25, 0.3) is 5.82 Å². The van der Waals surface area contributed by atoms with E-state index >= 15 is 0 Å². The van der Waals surface area contributed by atoms with Crippen LogP contribution in [-0.4, -0.2) is 35.2 Å². The molecule has 23 heavy (non-hydrogen) atoms. The molecule has 0 bridgehead atoms. The van der Waals surface area contributed by atoms with Crippen molar-refractivity contribution in [3.05, 3.63) is 59.3 Å². The Morgan fingerprint density at radius 2 is 2.13 bits per heavy atom. The topological polar surface area (TPSA) is 108 Å². The molecule has 116 valence electrons. The zero-order valence-electron chi connectivity index (χ0n) is 12.2. The Balaban J connectivity index is 1.73. The van der Waals surface area contributed by atoms with Gasteiger partial charge < -0.3 is 5.32 Å². The third-order valence-corrected chi connectivity index (χ3v) is 2.99. The van der Waals surface area contributed by atoms with E-state index in [4.69, 9.17) is 0 Å². The Kier molecular flexibility index (Phi) is 3.91. The molecular formula is C14H13N7O2. The summed E-state index contributed by atoms with van der Waals surface area (Å²) in [5, 5.41) is 6.67. The Morgan fingerprint density at radius 1 is 1.26 bits per heavy atom. The maximum Gasteiger partial charge on any atom is 0.253 e. The fourth-order valence-electron chi connectivity index (χ4n) is 1.92. The second-order valence-electron chi connectivity index (χ2n) is 4.76. The number of rotatable bonds is 4. The van der Waals surface area contributed by atoms with Gasteiger partial charge >= 0.3 is 0 Å². The minimum absolute atomic E-state index is 0.146. The average Bonchev–Trinajstić information content (AvgIpc) is 3.05. The first-order valence-corrected chi connectivity index (χ1v) is 6.77. The minimum Gasteiger partial charge on any atom is -0.309 e. The van der Waals surface area contributed by atoms with E-state index in [1.165, 1.54) is 23.3 Å². The van der Waals surface area contributed by atoms with Crippen LogP contribution in [0.1, 0.15) is 5.69 Å². The quantitative estimate of drug-likeness (QED) is 0.735.